The Balaban J connectivity index is 1.53. The minimum Gasteiger partial charge on any atom is -0.349 e. The van der Waals surface area contributed by atoms with Crippen molar-refractivity contribution >= 4 is 0 Å². The highest BCUT2D eigenvalue weighted by atomic mass is 16.7. The van der Waals surface area contributed by atoms with Crippen LogP contribution in [0.4, 0.5) is 0 Å². The third kappa shape index (κ3) is 1.60. The van der Waals surface area contributed by atoms with Gasteiger partial charge in [-0.05, 0) is 31.7 Å². The molecule has 3 nitrogen and oxygen atoms in total. The van der Waals surface area contributed by atoms with Crippen molar-refractivity contribution < 1.29 is 9.47 Å². The van der Waals surface area contributed by atoms with Gasteiger partial charge in [0.05, 0.1) is 13.2 Å². The average molecular weight is 183 g/mol. The summed E-state index contributed by atoms with van der Waals surface area (Å²) in [5, 5.41) is 0. The standard InChI is InChI=1S/C10H17NO2/c1-2-8-6-9(8)11(3-1)7-10-12-4-5-13-10/h8-10H,1-7H2. The number of rotatable bonds is 2. The van der Waals surface area contributed by atoms with E-state index in [4.69, 9.17) is 9.47 Å². The minimum atomic E-state index is 0.0688. The predicted molar refractivity (Wildman–Crippen MR) is 48.4 cm³/mol. The highest BCUT2D eigenvalue weighted by Crippen LogP contribution is 2.43. The van der Waals surface area contributed by atoms with E-state index in [1.807, 2.05) is 0 Å². The first-order valence-corrected chi connectivity index (χ1v) is 5.41. The van der Waals surface area contributed by atoms with Crippen molar-refractivity contribution in [1.82, 2.24) is 4.90 Å². The van der Waals surface area contributed by atoms with Gasteiger partial charge in [-0.25, -0.2) is 0 Å². The topological polar surface area (TPSA) is 21.7 Å². The molecule has 0 aromatic carbocycles. The molecule has 0 radical (unpaired) electrons. The number of piperidine rings is 1. The molecule has 74 valence electrons. The van der Waals surface area contributed by atoms with E-state index in [0.717, 1.165) is 31.7 Å². The van der Waals surface area contributed by atoms with Gasteiger partial charge in [0.2, 0.25) is 0 Å². The van der Waals surface area contributed by atoms with Crippen molar-refractivity contribution in [3.8, 4) is 0 Å². The first-order valence-electron chi connectivity index (χ1n) is 5.41. The molecule has 2 atom stereocenters. The van der Waals surface area contributed by atoms with Gasteiger partial charge < -0.3 is 9.47 Å². The van der Waals surface area contributed by atoms with E-state index < -0.39 is 0 Å². The van der Waals surface area contributed by atoms with Crippen molar-refractivity contribution in [2.24, 2.45) is 5.92 Å². The zero-order chi connectivity index (χ0) is 8.67. The van der Waals surface area contributed by atoms with Crippen LogP contribution >= 0.6 is 0 Å². The van der Waals surface area contributed by atoms with Gasteiger partial charge in [0, 0.05) is 12.6 Å². The number of likely N-dealkylation sites (tertiary alicyclic amines) is 1. The largest absolute Gasteiger partial charge is 0.349 e. The fourth-order valence-electron chi connectivity index (χ4n) is 2.64. The lowest BCUT2D eigenvalue weighted by molar-refractivity contribution is -0.0659. The molecule has 1 saturated carbocycles. The predicted octanol–water partition coefficient (Wildman–Crippen LogP) is 0.844. The van der Waals surface area contributed by atoms with Crippen molar-refractivity contribution in [3.63, 3.8) is 0 Å². The van der Waals surface area contributed by atoms with Crippen LogP contribution in [0.1, 0.15) is 19.3 Å². The van der Waals surface area contributed by atoms with Crippen LogP contribution in [0.3, 0.4) is 0 Å². The lowest BCUT2D eigenvalue weighted by Crippen LogP contribution is -2.38. The third-order valence-electron chi connectivity index (χ3n) is 3.45. The first-order chi connectivity index (χ1) is 6.43. The fraction of sp³-hybridized carbons (Fsp3) is 1.00. The van der Waals surface area contributed by atoms with Gasteiger partial charge in [0.15, 0.2) is 6.29 Å². The lowest BCUT2D eigenvalue weighted by atomic mass is 10.1. The van der Waals surface area contributed by atoms with Crippen LogP contribution in [0.25, 0.3) is 0 Å². The maximum absolute atomic E-state index is 5.46. The van der Waals surface area contributed by atoms with Crippen LogP contribution in [0.2, 0.25) is 0 Å². The molecular formula is C10H17NO2. The molecule has 3 fully saturated rings. The van der Waals surface area contributed by atoms with Crippen molar-refractivity contribution in [3.05, 3.63) is 0 Å². The summed E-state index contributed by atoms with van der Waals surface area (Å²) in [5.41, 5.74) is 0. The highest BCUT2D eigenvalue weighted by Gasteiger charge is 2.44. The van der Waals surface area contributed by atoms with Crippen LogP contribution < -0.4 is 0 Å². The Bertz CT molecular complexity index is 191. The average Bonchev–Trinajstić information content (AvgIpc) is 2.77. The molecule has 2 saturated heterocycles. The van der Waals surface area contributed by atoms with E-state index in [-0.39, 0.29) is 6.29 Å². The minimum absolute atomic E-state index is 0.0688. The van der Waals surface area contributed by atoms with Crippen molar-refractivity contribution in [1.29, 1.82) is 0 Å². The Kier molecular flexibility index (Phi) is 2.04. The number of ether oxygens (including phenoxy) is 2. The molecule has 0 N–H and O–H groups in total. The van der Waals surface area contributed by atoms with Gasteiger partial charge in [-0.2, -0.15) is 0 Å². The number of nitrogens with zero attached hydrogens (tertiary/aromatic N) is 1. The Hall–Kier alpha value is -0.120. The van der Waals surface area contributed by atoms with Crippen LogP contribution in [-0.4, -0.2) is 43.5 Å². The molecule has 0 aromatic rings. The Morgan fingerprint density at radius 3 is 2.92 bits per heavy atom. The number of hydrogen-bond acceptors (Lipinski definition) is 3. The molecule has 1 aliphatic carbocycles. The summed E-state index contributed by atoms with van der Waals surface area (Å²) in [7, 11) is 0. The molecule has 3 heteroatoms. The van der Waals surface area contributed by atoms with Crippen LogP contribution in [0, 0.1) is 5.92 Å². The van der Waals surface area contributed by atoms with E-state index in [9.17, 15) is 0 Å². The zero-order valence-corrected chi connectivity index (χ0v) is 7.95. The van der Waals surface area contributed by atoms with Crippen LogP contribution in [0.15, 0.2) is 0 Å². The molecule has 2 heterocycles. The second-order valence-corrected chi connectivity index (χ2v) is 4.37. The summed E-state index contributed by atoms with van der Waals surface area (Å²) >= 11 is 0. The summed E-state index contributed by atoms with van der Waals surface area (Å²) in [6.07, 6.45) is 4.31. The van der Waals surface area contributed by atoms with E-state index in [1.54, 1.807) is 0 Å². The van der Waals surface area contributed by atoms with E-state index in [1.165, 1.54) is 25.8 Å². The van der Waals surface area contributed by atoms with Gasteiger partial charge in [-0.15, -0.1) is 0 Å². The smallest absolute Gasteiger partial charge is 0.170 e. The number of hydrogen-bond donors (Lipinski definition) is 0. The highest BCUT2D eigenvalue weighted by molar-refractivity contribution is 4.98. The van der Waals surface area contributed by atoms with Crippen molar-refractivity contribution in [2.75, 3.05) is 26.3 Å². The molecule has 0 aromatic heterocycles. The zero-order valence-electron chi connectivity index (χ0n) is 7.95. The van der Waals surface area contributed by atoms with Gasteiger partial charge in [-0.1, -0.05) is 0 Å². The molecule has 0 bridgehead atoms. The van der Waals surface area contributed by atoms with Crippen molar-refractivity contribution in [2.45, 2.75) is 31.6 Å². The maximum atomic E-state index is 5.46. The molecule has 2 unspecified atom stereocenters. The molecule has 13 heavy (non-hydrogen) atoms. The van der Waals surface area contributed by atoms with Crippen LogP contribution in [0.5, 0.6) is 0 Å². The van der Waals surface area contributed by atoms with Gasteiger partial charge in [0.25, 0.3) is 0 Å². The summed E-state index contributed by atoms with van der Waals surface area (Å²) in [5.74, 6) is 1.01. The summed E-state index contributed by atoms with van der Waals surface area (Å²) < 4.78 is 10.9. The van der Waals surface area contributed by atoms with E-state index >= 15 is 0 Å². The molecule has 3 aliphatic rings. The first kappa shape index (κ1) is 8.21. The van der Waals surface area contributed by atoms with Crippen LogP contribution in [-0.2, 0) is 9.47 Å². The van der Waals surface area contributed by atoms with Gasteiger partial charge >= 0.3 is 0 Å². The quantitative estimate of drug-likeness (QED) is 0.633. The summed E-state index contributed by atoms with van der Waals surface area (Å²) in [6.45, 7) is 3.82. The van der Waals surface area contributed by atoms with Gasteiger partial charge in [0.1, 0.15) is 0 Å². The SMILES string of the molecule is C1CC2CC2N(CC2OCCO2)C1. The molecule has 0 amide bonds. The Morgan fingerprint density at radius 2 is 2.08 bits per heavy atom. The molecule has 3 rings (SSSR count). The lowest BCUT2D eigenvalue weighted by Gasteiger charge is -2.28. The fourth-order valence-corrected chi connectivity index (χ4v) is 2.64. The number of fused-ring (bicyclic) bond motifs is 1. The molecule has 2 aliphatic heterocycles. The van der Waals surface area contributed by atoms with E-state index in [2.05, 4.69) is 4.90 Å². The maximum Gasteiger partial charge on any atom is 0.170 e. The molecular weight excluding hydrogens is 166 g/mol. The second-order valence-electron chi connectivity index (χ2n) is 4.37. The Morgan fingerprint density at radius 1 is 1.23 bits per heavy atom. The Labute approximate surface area is 79.0 Å². The summed E-state index contributed by atoms with van der Waals surface area (Å²) in [6, 6.07) is 0.876. The van der Waals surface area contributed by atoms with Gasteiger partial charge in [-0.3, -0.25) is 4.90 Å². The second kappa shape index (κ2) is 3.23. The monoisotopic (exact) mass is 183 g/mol. The normalized spacial score (nSPS) is 40.6. The summed E-state index contributed by atoms with van der Waals surface area (Å²) in [4.78, 5) is 2.56. The molecule has 0 spiro atoms. The third-order valence-corrected chi connectivity index (χ3v) is 3.45. The van der Waals surface area contributed by atoms with E-state index in [0.29, 0.717) is 0 Å².